The predicted molar refractivity (Wildman–Crippen MR) is 161 cm³/mol. The molecule has 0 saturated heterocycles. The lowest BCUT2D eigenvalue weighted by molar-refractivity contribution is -0.111. The topological polar surface area (TPSA) is 101 Å². The molecule has 2 heterocycles. The van der Waals surface area contributed by atoms with Crippen LogP contribution < -0.4 is 15.5 Å². The number of fused-ring (bicyclic) bond motifs is 1. The van der Waals surface area contributed by atoms with Gasteiger partial charge >= 0.3 is 5.97 Å². The molecule has 0 aliphatic heterocycles. The fraction of sp³-hybridized carbons (Fsp3) is 0.290. The highest BCUT2D eigenvalue weighted by Crippen LogP contribution is 2.35. The van der Waals surface area contributed by atoms with Gasteiger partial charge in [0.15, 0.2) is 0 Å². The summed E-state index contributed by atoms with van der Waals surface area (Å²) in [5, 5.41) is 7.17. The van der Waals surface area contributed by atoms with E-state index in [2.05, 4.69) is 34.0 Å². The van der Waals surface area contributed by atoms with Crippen LogP contribution >= 0.6 is 0 Å². The van der Waals surface area contributed by atoms with Gasteiger partial charge in [0, 0.05) is 55.2 Å². The Morgan fingerprint density at radius 2 is 1.95 bits per heavy atom. The van der Waals surface area contributed by atoms with Gasteiger partial charge in [0.25, 0.3) is 0 Å². The minimum absolute atomic E-state index is 0.280. The van der Waals surface area contributed by atoms with E-state index >= 15 is 0 Å². The molecular formula is C31H36N6O3. The zero-order chi connectivity index (χ0) is 29.0. The van der Waals surface area contributed by atoms with E-state index in [1.54, 1.807) is 13.8 Å². The van der Waals surface area contributed by atoms with E-state index in [0.717, 1.165) is 46.4 Å². The van der Waals surface area contributed by atoms with E-state index in [9.17, 15) is 9.59 Å². The van der Waals surface area contributed by atoms with E-state index in [-0.39, 0.29) is 17.6 Å². The Morgan fingerprint density at radius 1 is 1.20 bits per heavy atom. The number of hydrogen-bond acceptors (Lipinski definition) is 7. The van der Waals surface area contributed by atoms with Crippen molar-refractivity contribution in [3.8, 4) is 11.3 Å². The fourth-order valence-electron chi connectivity index (χ4n) is 4.61. The van der Waals surface area contributed by atoms with Gasteiger partial charge in [0.2, 0.25) is 11.9 Å². The van der Waals surface area contributed by atoms with Crippen molar-refractivity contribution >= 4 is 45.8 Å². The molecule has 9 heteroatoms. The Morgan fingerprint density at radius 3 is 2.65 bits per heavy atom. The molecule has 9 nitrogen and oxygen atoms in total. The van der Waals surface area contributed by atoms with Crippen LogP contribution in [0.2, 0.25) is 0 Å². The maximum Gasteiger partial charge on any atom is 0.342 e. The number of hydrogen-bond donors (Lipinski definition) is 2. The van der Waals surface area contributed by atoms with E-state index in [4.69, 9.17) is 9.72 Å². The Kier molecular flexibility index (Phi) is 8.52. The number of carbonyl (C=O) groups is 2. The third kappa shape index (κ3) is 5.98. The van der Waals surface area contributed by atoms with E-state index in [0.29, 0.717) is 17.3 Å². The summed E-state index contributed by atoms with van der Waals surface area (Å²) >= 11 is 0. The lowest BCUT2D eigenvalue weighted by Gasteiger charge is -2.24. The summed E-state index contributed by atoms with van der Waals surface area (Å²) in [6.07, 6.45) is 5.36. The van der Waals surface area contributed by atoms with Gasteiger partial charge in [-0.15, -0.1) is 0 Å². The first kappa shape index (κ1) is 28.4. The molecule has 2 aromatic heterocycles. The Bertz CT molecular complexity index is 1570. The van der Waals surface area contributed by atoms with Crippen LogP contribution in [0.5, 0.6) is 0 Å². The molecule has 0 atom stereocenters. The number of esters is 1. The van der Waals surface area contributed by atoms with Crippen LogP contribution in [0, 0.1) is 6.92 Å². The van der Waals surface area contributed by atoms with Crippen molar-refractivity contribution in [3.63, 3.8) is 0 Å². The van der Waals surface area contributed by atoms with Crippen LogP contribution in [-0.2, 0) is 16.6 Å². The first-order valence-corrected chi connectivity index (χ1v) is 13.3. The summed E-state index contributed by atoms with van der Waals surface area (Å²) in [5.74, 6) is -0.482. The second kappa shape index (κ2) is 12.0. The SMILES string of the molecule is C=CC(=O)Nc1cc(Nc2ncc(C(=O)OC(C)C)c(-c3cn(C)c4ccccc34)n2)c(C)cc1N(C)CCC. The molecule has 0 bridgehead atoms. The highest BCUT2D eigenvalue weighted by molar-refractivity contribution is 6.03. The summed E-state index contributed by atoms with van der Waals surface area (Å²) < 4.78 is 7.52. The van der Waals surface area contributed by atoms with Gasteiger partial charge in [-0.05, 0) is 57.0 Å². The largest absolute Gasteiger partial charge is 0.459 e. The highest BCUT2D eigenvalue weighted by Gasteiger charge is 2.22. The molecule has 40 heavy (non-hydrogen) atoms. The lowest BCUT2D eigenvalue weighted by atomic mass is 10.1. The number of carbonyl (C=O) groups excluding carboxylic acids is 2. The van der Waals surface area contributed by atoms with Gasteiger partial charge in [0.05, 0.1) is 23.2 Å². The van der Waals surface area contributed by atoms with E-state index in [1.807, 2.05) is 68.2 Å². The molecule has 0 fully saturated rings. The number of nitrogens with one attached hydrogen (secondary N) is 2. The third-order valence-corrected chi connectivity index (χ3v) is 6.51. The molecule has 0 aliphatic carbocycles. The zero-order valence-corrected chi connectivity index (χ0v) is 23.9. The van der Waals surface area contributed by atoms with Crippen LogP contribution in [0.3, 0.4) is 0 Å². The van der Waals surface area contributed by atoms with Crippen LogP contribution in [0.1, 0.15) is 43.1 Å². The number of amides is 1. The first-order valence-electron chi connectivity index (χ1n) is 13.3. The third-order valence-electron chi connectivity index (χ3n) is 6.51. The van der Waals surface area contributed by atoms with Crippen molar-refractivity contribution in [1.29, 1.82) is 0 Å². The lowest BCUT2D eigenvalue weighted by Crippen LogP contribution is -2.21. The van der Waals surface area contributed by atoms with Crippen molar-refractivity contribution in [3.05, 3.63) is 72.6 Å². The van der Waals surface area contributed by atoms with Gasteiger partial charge in [-0.3, -0.25) is 4.79 Å². The molecule has 208 valence electrons. The quantitative estimate of drug-likeness (QED) is 0.182. The molecule has 0 aliphatic rings. The maximum absolute atomic E-state index is 13.1. The van der Waals surface area contributed by atoms with E-state index in [1.165, 1.54) is 12.3 Å². The zero-order valence-electron chi connectivity index (χ0n) is 23.9. The van der Waals surface area contributed by atoms with Crippen LogP contribution in [-0.4, -0.2) is 46.1 Å². The van der Waals surface area contributed by atoms with Gasteiger partial charge in [-0.2, -0.15) is 0 Å². The molecule has 0 unspecified atom stereocenters. The molecule has 0 radical (unpaired) electrons. The molecule has 4 rings (SSSR count). The number of aromatic nitrogens is 3. The molecule has 2 N–H and O–H groups in total. The minimum Gasteiger partial charge on any atom is -0.459 e. The van der Waals surface area contributed by atoms with E-state index < -0.39 is 5.97 Å². The maximum atomic E-state index is 13.1. The molecule has 4 aromatic rings. The number of ether oxygens (including phenoxy) is 1. The Hall–Kier alpha value is -4.66. The predicted octanol–water partition coefficient (Wildman–Crippen LogP) is 6.22. The van der Waals surface area contributed by atoms with Crippen LogP contribution in [0.25, 0.3) is 22.2 Å². The van der Waals surface area contributed by atoms with Gasteiger partial charge in [-0.1, -0.05) is 31.7 Å². The molecule has 0 saturated carbocycles. The van der Waals surface area contributed by atoms with Crippen molar-refractivity contribution < 1.29 is 14.3 Å². The van der Waals surface area contributed by atoms with Crippen molar-refractivity contribution in [1.82, 2.24) is 14.5 Å². The summed E-state index contributed by atoms with van der Waals surface area (Å²) in [7, 11) is 3.95. The summed E-state index contributed by atoms with van der Waals surface area (Å²) in [6, 6.07) is 11.8. The average Bonchev–Trinajstić information content (AvgIpc) is 3.26. The van der Waals surface area contributed by atoms with Gasteiger partial charge < -0.3 is 24.8 Å². The first-order chi connectivity index (χ1) is 19.1. The molecule has 2 aromatic carbocycles. The normalized spacial score (nSPS) is 11.0. The minimum atomic E-state index is -0.488. The number of para-hydroxylation sites is 1. The smallest absolute Gasteiger partial charge is 0.342 e. The molecular weight excluding hydrogens is 504 g/mol. The van der Waals surface area contributed by atoms with Gasteiger partial charge in [0.1, 0.15) is 5.56 Å². The molecule has 1 amide bonds. The number of aryl methyl sites for hydroxylation is 2. The number of nitrogens with zero attached hydrogens (tertiary/aromatic N) is 4. The number of rotatable bonds is 10. The van der Waals surface area contributed by atoms with Crippen molar-refractivity contribution in [2.75, 3.05) is 29.1 Å². The summed E-state index contributed by atoms with van der Waals surface area (Å²) in [5.41, 5.74) is 5.75. The Labute approximate surface area is 234 Å². The summed E-state index contributed by atoms with van der Waals surface area (Å²) in [6.45, 7) is 12.1. The Balaban J connectivity index is 1.81. The monoisotopic (exact) mass is 540 g/mol. The highest BCUT2D eigenvalue weighted by atomic mass is 16.5. The standard InChI is InChI=1S/C31H36N6O3/c1-8-14-36(6)27-15-20(5)24(16-25(27)33-28(38)9-2)34-31-32-17-22(30(39)40-19(3)4)29(35-31)23-18-37(7)26-13-11-10-12-21(23)26/h9-13,15-19H,2,8,14H2,1,3-7H3,(H,33,38)(H,32,34,35). The van der Waals surface area contributed by atoms with Crippen molar-refractivity contribution in [2.24, 2.45) is 7.05 Å². The van der Waals surface area contributed by atoms with Crippen LogP contribution in [0.15, 0.2) is 61.4 Å². The average molecular weight is 541 g/mol. The fourth-order valence-corrected chi connectivity index (χ4v) is 4.61. The second-order valence-electron chi connectivity index (χ2n) is 10.0. The van der Waals surface area contributed by atoms with Crippen molar-refractivity contribution in [2.45, 2.75) is 40.2 Å². The number of benzene rings is 2. The summed E-state index contributed by atoms with van der Waals surface area (Å²) in [4.78, 5) is 36.7. The number of anilines is 4. The molecule has 0 spiro atoms. The van der Waals surface area contributed by atoms with Crippen LogP contribution in [0.4, 0.5) is 23.0 Å². The second-order valence-corrected chi connectivity index (χ2v) is 10.0. The van der Waals surface area contributed by atoms with Gasteiger partial charge in [-0.25, -0.2) is 14.8 Å².